The molecule has 0 saturated carbocycles. The molecule has 1 atom stereocenters. The molecule has 3 rings (SSSR count). The summed E-state index contributed by atoms with van der Waals surface area (Å²) < 4.78 is 7.10. The van der Waals surface area contributed by atoms with Crippen LogP contribution in [0.3, 0.4) is 0 Å². The van der Waals surface area contributed by atoms with E-state index in [1.54, 1.807) is 35.1 Å². The van der Waals surface area contributed by atoms with Gasteiger partial charge in [0.15, 0.2) is 5.76 Å². The fourth-order valence-corrected chi connectivity index (χ4v) is 2.37. The number of nitrogens with zero attached hydrogens (tertiary/aromatic N) is 4. The van der Waals surface area contributed by atoms with Gasteiger partial charge >= 0.3 is 0 Å². The summed E-state index contributed by atoms with van der Waals surface area (Å²) in [6.45, 7) is 3.81. The third-order valence-corrected chi connectivity index (χ3v) is 3.91. The molecule has 1 amide bonds. The highest BCUT2D eigenvalue weighted by Gasteiger charge is 2.21. The van der Waals surface area contributed by atoms with Gasteiger partial charge in [0.2, 0.25) is 0 Å². The average molecular weight is 310 g/mol. The van der Waals surface area contributed by atoms with E-state index in [1.165, 1.54) is 6.33 Å². The molecule has 0 saturated heterocycles. The SMILES string of the molecule is Cc1ccc(C(=O)N(C)C(C)c2ccc(-n3cncn3)cc2)o1. The van der Waals surface area contributed by atoms with Crippen molar-refractivity contribution in [1.82, 2.24) is 19.7 Å². The lowest BCUT2D eigenvalue weighted by Crippen LogP contribution is -2.29. The third-order valence-electron chi connectivity index (χ3n) is 3.91. The minimum Gasteiger partial charge on any atom is -0.456 e. The zero-order chi connectivity index (χ0) is 16.4. The zero-order valence-electron chi connectivity index (χ0n) is 13.3. The molecule has 0 aliphatic heterocycles. The molecule has 1 aromatic carbocycles. The van der Waals surface area contributed by atoms with Gasteiger partial charge in [-0.2, -0.15) is 5.10 Å². The summed E-state index contributed by atoms with van der Waals surface area (Å²) in [6, 6.07) is 11.3. The van der Waals surface area contributed by atoms with E-state index in [4.69, 9.17) is 4.42 Å². The molecule has 0 bridgehead atoms. The lowest BCUT2D eigenvalue weighted by molar-refractivity contribution is 0.0709. The van der Waals surface area contributed by atoms with E-state index in [1.807, 2.05) is 38.1 Å². The summed E-state index contributed by atoms with van der Waals surface area (Å²) in [5.74, 6) is 0.952. The molecule has 0 aliphatic carbocycles. The fraction of sp³-hybridized carbons (Fsp3) is 0.235. The molecule has 0 N–H and O–H groups in total. The Balaban J connectivity index is 1.77. The molecule has 0 spiro atoms. The van der Waals surface area contributed by atoms with Crippen molar-refractivity contribution in [3.63, 3.8) is 0 Å². The maximum atomic E-state index is 12.4. The average Bonchev–Trinajstić information content (AvgIpc) is 3.24. The summed E-state index contributed by atoms with van der Waals surface area (Å²) in [4.78, 5) is 18.0. The zero-order valence-corrected chi connectivity index (χ0v) is 13.3. The minimum atomic E-state index is -0.133. The summed E-state index contributed by atoms with van der Waals surface area (Å²) in [5.41, 5.74) is 1.96. The molecule has 2 heterocycles. The van der Waals surface area contributed by atoms with Crippen LogP contribution in [0.1, 0.15) is 34.8 Å². The lowest BCUT2D eigenvalue weighted by atomic mass is 10.1. The maximum Gasteiger partial charge on any atom is 0.289 e. The maximum absolute atomic E-state index is 12.4. The van der Waals surface area contributed by atoms with Crippen LogP contribution in [0.4, 0.5) is 0 Å². The van der Waals surface area contributed by atoms with Gasteiger partial charge in [-0.1, -0.05) is 12.1 Å². The van der Waals surface area contributed by atoms with Crippen molar-refractivity contribution in [2.24, 2.45) is 0 Å². The van der Waals surface area contributed by atoms with Crippen LogP contribution in [0.5, 0.6) is 0 Å². The normalized spacial score (nSPS) is 12.1. The molecule has 0 aliphatic rings. The Hall–Kier alpha value is -2.89. The predicted octanol–water partition coefficient (Wildman–Crippen LogP) is 3.00. The Kier molecular flexibility index (Phi) is 3.97. The number of hydrogen-bond acceptors (Lipinski definition) is 4. The van der Waals surface area contributed by atoms with Crippen molar-refractivity contribution in [1.29, 1.82) is 0 Å². The number of furan rings is 1. The number of amides is 1. The number of rotatable bonds is 4. The second kappa shape index (κ2) is 6.08. The first kappa shape index (κ1) is 15.0. The molecule has 1 unspecified atom stereocenters. The molecule has 118 valence electrons. The summed E-state index contributed by atoms with van der Waals surface area (Å²) in [5, 5.41) is 4.09. The van der Waals surface area contributed by atoms with E-state index in [0.29, 0.717) is 5.76 Å². The van der Waals surface area contributed by atoms with Gasteiger partial charge in [-0.3, -0.25) is 4.79 Å². The molecule has 23 heavy (non-hydrogen) atoms. The molecular formula is C17H18N4O2. The number of aryl methyl sites for hydroxylation is 1. The smallest absolute Gasteiger partial charge is 0.289 e. The molecule has 0 radical (unpaired) electrons. The van der Waals surface area contributed by atoms with Crippen LogP contribution in [0.2, 0.25) is 0 Å². The van der Waals surface area contributed by atoms with Crippen molar-refractivity contribution in [2.75, 3.05) is 7.05 Å². The van der Waals surface area contributed by atoms with Crippen molar-refractivity contribution in [3.05, 3.63) is 66.1 Å². The first-order valence-corrected chi connectivity index (χ1v) is 7.35. The first-order chi connectivity index (χ1) is 11.1. The topological polar surface area (TPSA) is 64.2 Å². The van der Waals surface area contributed by atoms with Crippen LogP contribution < -0.4 is 0 Å². The van der Waals surface area contributed by atoms with Crippen LogP contribution >= 0.6 is 0 Å². The highest BCUT2D eigenvalue weighted by Crippen LogP contribution is 2.22. The highest BCUT2D eigenvalue weighted by molar-refractivity contribution is 5.91. The van der Waals surface area contributed by atoms with Gasteiger partial charge in [0.1, 0.15) is 18.4 Å². The minimum absolute atomic E-state index is 0.0716. The molecule has 3 aromatic rings. The summed E-state index contributed by atoms with van der Waals surface area (Å²) in [6.07, 6.45) is 3.14. The van der Waals surface area contributed by atoms with Crippen molar-refractivity contribution >= 4 is 5.91 Å². The fourth-order valence-electron chi connectivity index (χ4n) is 2.37. The van der Waals surface area contributed by atoms with Crippen molar-refractivity contribution < 1.29 is 9.21 Å². The van der Waals surface area contributed by atoms with Gasteiger partial charge in [-0.05, 0) is 43.7 Å². The second-order valence-electron chi connectivity index (χ2n) is 5.43. The molecule has 6 nitrogen and oxygen atoms in total. The number of hydrogen-bond donors (Lipinski definition) is 0. The number of aromatic nitrogens is 3. The molecular weight excluding hydrogens is 292 g/mol. The van der Waals surface area contributed by atoms with E-state index >= 15 is 0 Å². The van der Waals surface area contributed by atoms with Crippen molar-refractivity contribution in [3.8, 4) is 5.69 Å². The summed E-state index contributed by atoms with van der Waals surface area (Å²) in [7, 11) is 1.77. The monoisotopic (exact) mass is 310 g/mol. The third kappa shape index (κ3) is 3.01. The summed E-state index contributed by atoms with van der Waals surface area (Å²) >= 11 is 0. The first-order valence-electron chi connectivity index (χ1n) is 7.35. The van der Waals surface area contributed by atoms with Gasteiger partial charge in [0.05, 0.1) is 11.7 Å². The number of carbonyl (C=O) groups excluding carboxylic acids is 1. The Morgan fingerprint density at radius 3 is 2.52 bits per heavy atom. The van der Waals surface area contributed by atoms with Crippen LogP contribution in [0, 0.1) is 6.92 Å². The van der Waals surface area contributed by atoms with Gasteiger partial charge in [-0.25, -0.2) is 9.67 Å². The number of benzene rings is 1. The Labute approximate surface area is 134 Å². The van der Waals surface area contributed by atoms with E-state index in [-0.39, 0.29) is 11.9 Å². The quantitative estimate of drug-likeness (QED) is 0.743. The Morgan fingerprint density at radius 2 is 1.96 bits per heavy atom. The molecule has 2 aromatic heterocycles. The van der Waals surface area contributed by atoms with Crippen LogP contribution in [0.15, 0.2) is 53.5 Å². The van der Waals surface area contributed by atoms with Gasteiger partial charge < -0.3 is 9.32 Å². The van der Waals surface area contributed by atoms with E-state index in [9.17, 15) is 4.79 Å². The van der Waals surface area contributed by atoms with Crippen LogP contribution in [-0.2, 0) is 0 Å². The standard InChI is InChI=1S/C17H18N4O2/c1-12-4-9-16(23-12)17(22)20(3)13(2)14-5-7-15(8-6-14)21-11-18-10-19-21/h4-11,13H,1-3H3. The Bertz CT molecular complexity index is 790. The van der Waals surface area contributed by atoms with Crippen molar-refractivity contribution in [2.45, 2.75) is 19.9 Å². The van der Waals surface area contributed by atoms with Crippen LogP contribution in [0.25, 0.3) is 5.69 Å². The largest absolute Gasteiger partial charge is 0.456 e. The van der Waals surface area contributed by atoms with Gasteiger partial charge in [0, 0.05) is 7.05 Å². The predicted molar refractivity (Wildman–Crippen MR) is 85.3 cm³/mol. The second-order valence-corrected chi connectivity index (χ2v) is 5.43. The van der Waals surface area contributed by atoms with Gasteiger partial charge in [-0.15, -0.1) is 0 Å². The molecule has 0 fully saturated rings. The van der Waals surface area contributed by atoms with E-state index in [0.717, 1.165) is 17.0 Å². The van der Waals surface area contributed by atoms with Crippen LogP contribution in [-0.4, -0.2) is 32.6 Å². The van der Waals surface area contributed by atoms with E-state index < -0.39 is 0 Å². The molecule has 6 heteroatoms. The highest BCUT2D eigenvalue weighted by atomic mass is 16.3. The Morgan fingerprint density at radius 1 is 1.22 bits per heavy atom. The lowest BCUT2D eigenvalue weighted by Gasteiger charge is -2.24. The number of carbonyl (C=O) groups is 1. The van der Waals surface area contributed by atoms with Gasteiger partial charge in [0.25, 0.3) is 5.91 Å². The van der Waals surface area contributed by atoms with E-state index in [2.05, 4.69) is 10.1 Å².